The number of carboxylic acids is 1. The van der Waals surface area contributed by atoms with Gasteiger partial charge in [0.2, 0.25) is 0 Å². The molecular weight excluding hydrogens is 427 g/mol. The summed E-state index contributed by atoms with van der Waals surface area (Å²) in [6.45, 7) is 0. The van der Waals surface area contributed by atoms with E-state index in [1.165, 1.54) is 30.3 Å². The van der Waals surface area contributed by atoms with Crippen LogP contribution in [0.15, 0.2) is 53.0 Å². The molecule has 0 aliphatic carbocycles. The van der Waals surface area contributed by atoms with Gasteiger partial charge in [-0.25, -0.2) is 9.78 Å². The first-order valence-corrected chi connectivity index (χ1v) is 8.38. The molecular formula is C19H11BrF3NO3. The standard InChI is InChI=1S/C19H11BrF3NO3/c20-12-4-8-17-15(9-12)16(18(25)26)10-13(24-17)5-1-11-2-6-14(7-3-11)27-19(21,22)23/h1-10H,(H,25,26). The zero-order valence-electron chi connectivity index (χ0n) is 13.5. The van der Waals surface area contributed by atoms with Crippen LogP contribution >= 0.6 is 15.9 Å². The lowest BCUT2D eigenvalue weighted by molar-refractivity contribution is -0.274. The van der Waals surface area contributed by atoms with Crippen LogP contribution in [0.5, 0.6) is 5.75 Å². The fourth-order valence-corrected chi connectivity index (χ4v) is 2.80. The summed E-state index contributed by atoms with van der Waals surface area (Å²) in [5.41, 5.74) is 1.65. The molecule has 0 amide bonds. The van der Waals surface area contributed by atoms with Crippen LogP contribution in [0.4, 0.5) is 13.2 Å². The van der Waals surface area contributed by atoms with Gasteiger partial charge >= 0.3 is 12.3 Å². The largest absolute Gasteiger partial charge is 0.573 e. The molecule has 0 saturated carbocycles. The third-order valence-electron chi connectivity index (χ3n) is 3.58. The lowest BCUT2D eigenvalue weighted by Gasteiger charge is -2.08. The summed E-state index contributed by atoms with van der Waals surface area (Å²) in [7, 11) is 0. The minimum absolute atomic E-state index is 0.106. The zero-order valence-corrected chi connectivity index (χ0v) is 15.1. The Kier molecular flexibility index (Phi) is 5.18. The molecule has 0 aliphatic heterocycles. The highest BCUT2D eigenvalue weighted by molar-refractivity contribution is 9.10. The number of alkyl halides is 3. The number of aromatic carboxylic acids is 1. The average Bonchev–Trinajstić information content (AvgIpc) is 2.59. The van der Waals surface area contributed by atoms with Gasteiger partial charge in [0.25, 0.3) is 0 Å². The fraction of sp³-hybridized carbons (Fsp3) is 0.0526. The second-order valence-corrected chi connectivity index (χ2v) is 6.43. The highest BCUT2D eigenvalue weighted by Crippen LogP contribution is 2.25. The van der Waals surface area contributed by atoms with Gasteiger partial charge in [-0.3, -0.25) is 0 Å². The highest BCUT2D eigenvalue weighted by atomic mass is 79.9. The second-order valence-electron chi connectivity index (χ2n) is 5.51. The van der Waals surface area contributed by atoms with Crippen molar-refractivity contribution in [3.63, 3.8) is 0 Å². The molecule has 0 fully saturated rings. The summed E-state index contributed by atoms with van der Waals surface area (Å²) in [5.74, 6) is -1.40. The van der Waals surface area contributed by atoms with Crippen molar-refractivity contribution in [2.24, 2.45) is 0 Å². The number of fused-ring (bicyclic) bond motifs is 1. The molecule has 8 heteroatoms. The maximum Gasteiger partial charge on any atom is 0.573 e. The number of hydrogen-bond donors (Lipinski definition) is 1. The van der Waals surface area contributed by atoms with Crippen molar-refractivity contribution in [2.45, 2.75) is 6.36 Å². The number of halogens is 4. The second kappa shape index (κ2) is 7.40. The third-order valence-corrected chi connectivity index (χ3v) is 4.07. The van der Waals surface area contributed by atoms with Crippen molar-refractivity contribution < 1.29 is 27.8 Å². The monoisotopic (exact) mass is 437 g/mol. The number of benzene rings is 2. The number of aromatic nitrogens is 1. The van der Waals surface area contributed by atoms with Gasteiger partial charge in [-0.05, 0) is 48.0 Å². The molecule has 1 aromatic heterocycles. The molecule has 0 bridgehead atoms. The van der Waals surface area contributed by atoms with Gasteiger partial charge in [-0.1, -0.05) is 34.1 Å². The maximum atomic E-state index is 12.2. The van der Waals surface area contributed by atoms with E-state index in [0.29, 0.717) is 22.2 Å². The van der Waals surface area contributed by atoms with Gasteiger partial charge in [-0.15, -0.1) is 13.2 Å². The molecule has 0 aliphatic rings. The first kappa shape index (κ1) is 18.9. The molecule has 0 saturated heterocycles. The normalized spacial score (nSPS) is 11.9. The van der Waals surface area contributed by atoms with Crippen LogP contribution in [0.3, 0.4) is 0 Å². The predicted octanol–water partition coefficient (Wildman–Crippen LogP) is 5.76. The first-order chi connectivity index (χ1) is 12.7. The molecule has 0 spiro atoms. The van der Waals surface area contributed by atoms with Crippen molar-refractivity contribution in [1.82, 2.24) is 4.98 Å². The first-order valence-electron chi connectivity index (χ1n) is 7.59. The molecule has 0 unspecified atom stereocenters. The van der Waals surface area contributed by atoms with E-state index in [-0.39, 0.29) is 11.3 Å². The van der Waals surface area contributed by atoms with E-state index in [2.05, 4.69) is 25.7 Å². The molecule has 3 aromatic rings. The van der Waals surface area contributed by atoms with Crippen LogP contribution in [-0.2, 0) is 0 Å². The zero-order chi connectivity index (χ0) is 19.6. The van der Waals surface area contributed by atoms with Gasteiger partial charge in [0, 0.05) is 9.86 Å². The molecule has 3 rings (SSSR count). The topological polar surface area (TPSA) is 59.4 Å². The van der Waals surface area contributed by atoms with Crippen molar-refractivity contribution >= 4 is 45.0 Å². The van der Waals surface area contributed by atoms with Crippen LogP contribution in [0.2, 0.25) is 0 Å². The lowest BCUT2D eigenvalue weighted by Crippen LogP contribution is -2.16. The Morgan fingerprint density at radius 2 is 1.78 bits per heavy atom. The van der Waals surface area contributed by atoms with Gasteiger partial charge in [0.1, 0.15) is 5.75 Å². The van der Waals surface area contributed by atoms with Crippen molar-refractivity contribution in [1.29, 1.82) is 0 Å². The minimum Gasteiger partial charge on any atom is -0.478 e. The van der Waals surface area contributed by atoms with Crippen LogP contribution in [-0.4, -0.2) is 22.4 Å². The van der Waals surface area contributed by atoms with Crippen LogP contribution in [0, 0.1) is 0 Å². The van der Waals surface area contributed by atoms with E-state index in [4.69, 9.17) is 0 Å². The van der Waals surface area contributed by atoms with Gasteiger partial charge in [0.15, 0.2) is 0 Å². The van der Waals surface area contributed by atoms with Crippen LogP contribution < -0.4 is 4.74 Å². The summed E-state index contributed by atoms with van der Waals surface area (Å²) in [6, 6.07) is 11.9. The summed E-state index contributed by atoms with van der Waals surface area (Å²) < 4.78 is 41.1. The van der Waals surface area contributed by atoms with E-state index in [1.54, 1.807) is 30.4 Å². The van der Waals surface area contributed by atoms with E-state index in [9.17, 15) is 23.1 Å². The number of carbonyl (C=O) groups is 1. The van der Waals surface area contributed by atoms with Crippen molar-refractivity contribution in [3.05, 3.63) is 69.8 Å². The minimum atomic E-state index is -4.74. The SMILES string of the molecule is O=C(O)c1cc(C=Cc2ccc(OC(F)(F)F)cc2)nc2ccc(Br)cc12. The number of nitrogens with zero attached hydrogens (tertiary/aromatic N) is 1. The number of hydrogen-bond acceptors (Lipinski definition) is 3. The predicted molar refractivity (Wildman–Crippen MR) is 98.5 cm³/mol. The van der Waals surface area contributed by atoms with E-state index in [1.807, 2.05) is 0 Å². The smallest absolute Gasteiger partial charge is 0.478 e. The summed E-state index contributed by atoms with van der Waals surface area (Å²) in [4.78, 5) is 15.9. The number of pyridine rings is 1. The van der Waals surface area contributed by atoms with Gasteiger partial charge < -0.3 is 9.84 Å². The number of carboxylic acid groups (broad SMARTS) is 1. The van der Waals surface area contributed by atoms with E-state index >= 15 is 0 Å². The molecule has 0 atom stereocenters. The van der Waals surface area contributed by atoms with Crippen LogP contribution in [0.25, 0.3) is 23.1 Å². The van der Waals surface area contributed by atoms with Crippen molar-refractivity contribution in [2.75, 3.05) is 0 Å². The maximum absolute atomic E-state index is 12.2. The molecule has 1 heterocycles. The molecule has 1 N–H and O–H groups in total. The molecule has 4 nitrogen and oxygen atoms in total. The third kappa shape index (κ3) is 4.85. The Hall–Kier alpha value is -2.87. The molecule has 138 valence electrons. The van der Waals surface area contributed by atoms with E-state index in [0.717, 1.165) is 4.47 Å². The Labute approximate surface area is 160 Å². The highest BCUT2D eigenvalue weighted by Gasteiger charge is 2.30. The molecule has 2 aromatic carbocycles. The van der Waals surface area contributed by atoms with E-state index < -0.39 is 12.3 Å². The Balaban J connectivity index is 1.90. The average molecular weight is 438 g/mol. The lowest BCUT2D eigenvalue weighted by atomic mass is 10.1. The Bertz CT molecular complexity index is 1030. The Morgan fingerprint density at radius 1 is 1.07 bits per heavy atom. The molecule has 27 heavy (non-hydrogen) atoms. The Morgan fingerprint density at radius 3 is 2.41 bits per heavy atom. The van der Waals surface area contributed by atoms with Crippen molar-refractivity contribution in [3.8, 4) is 5.75 Å². The quantitative estimate of drug-likeness (QED) is 0.563. The molecule has 0 radical (unpaired) electrons. The fourth-order valence-electron chi connectivity index (χ4n) is 2.44. The summed E-state index contributed by atoms with van der Waals surface area (Å²) in [5, 5.41) is 9.94. The number of rotatable bonds is 4. The summed E-state index contributed by atoms with van der Waals surface area (Å²) in [6.07, 6.45) is -1.53. The summed E-state index contributed by atoms with van der Waals surface area (Å²) >= 11 is 3.30. The van der Waals surface area contributed by atoms with Crippen LogP contribution in [0.1, 0.15) is 21.6 Å². The van der Waals surface area contributed by atoms with Gasteiger partial charge in [-0.2, -0.15) is 0 Å². The number of ether oxygens (including phenoxy) is 1. The van der Waals surface area contributed by atoms with Gasteiger partial charge in [0.05, 0.1) is 16.8 Å².